The van der Waals surface area contributed by atoms with Crippen LogP contribution in [-0.4, -0.2) is 42.0 Å². The molecular formula is C31H33NO6. The molecule has 1 heterocycles. The molecule has 1 atom stereocenters. The largest absolute Gasteiger partial charge is 0.507 e. The summed E-state index contributed by atoms with van der Waals surface area (Å²) in [6.45, 7) is 5.24. The Labute approximate surface area is 223 Å². The van der Waals surface area contributed by atoms with Gasteiger partial charge in [0.15, 0.2) is 11.5 Å². The highest BCUT2D eigenvalue weighted by Crippen LogP contribution is 2.42. The summed E-state index contributed by atoms with van der Waals surface area (Å²) in [5.74, 6) is 0.0667. The van der Waals surface area contributed by atoms with E-state index in [0.717, 1.165) is 18.4 Å². The van der Waals surface area contributed by atoms with Gasteiger partial charge in [0.1, 0.15) is 11.5 Å². The van der Waals surface area contributed by atoms with Gasteiger partial charge in [-0.15, -0.1) is 0 Å². The van der Waals surface area contributed by atoms with E-state index >= 15 is 0 Å². The number of carbonyl (C=O) groups excluding carboxylic acids is 2. The van der Waals surface area contributed by atoms with Crippen molar-refractivity contribution in [2.45, 2.75) is 39.3 Å². The molecule has 0 radical (unpaired) electrons. The number of amides is 1. The lowest BCUT2D eigenvalue weighted by molar-refractivity contribution is -0.140. The van der Waals surface area contributed by atoms with Gasteiger partial charge in [0.05, 0.1) is 31.9 Å². The maximum atomic E-state index is 13.4. The van der Waals surface area contributed by atoms with E-state index in [1.54, 1.807) is 43.5 Å². The van der Waals surface area contributed by atoms with Crippen molar-refractivity contribution in [3.63, 3.8) is 0 Å². The maximum Gasteiger partial charge on any atom is 0.295 e. The fraction of sp³-hybridized carbons (Fsp3) is 0.290. The standard InChI is InChI=1S/C31H33NO6/c1-4-6-18-38-25-17-14-23(19-26(25)36-3)28-27(29(33)22-12-15-24(16-13-22)37-5-2)30(34)31(35)32(28)20-21-10-8-7-9-11-21/h7-17,19,28,33H,4-6,18,20H2,1-3H3/b29-27+. The van der Waals surface area contributed by atoms with Gasteiger partial charge in [0.25, 0.3) is 11.7 Å². The number of carbonyl (C=O) groups is 2. The van der Waals surface area contributed by atoms with E-state index in [1.165, 1.54) is 4.90 Å². The molecule has 1 amide bonds. The average molecular weight is 516 g/mol. The number of unbranched alkanes of at least 4 members (excludes halogenated alkanes) is 1. The van der Waals surface area contributed by atoms with Crippen molar-refractivity contribution >= 4 is 17.4 Å². The third-order valence-electron chi connectivity index (χ3n) is 6.43. The lowest BCUT2D eigenvalue weighted by Gasteiger charge is -2.26. The molecule has 7 heteroatoms. The molecule has 0 aliphatic carbocycles. The zero-order valence-electron chi connectivity index (χ0n) is 22.0. The Hall–Kier alpha value is -4.26. The van der Waals surface area contributed by atoms with E-state index in [9.17, 15) is 14.7 Å². The molecule has 0 aromatic heterocycles. The van der Waals surface area contributed by atoms with Crippen LogP contribution >= 0.6 is 0 Å². The molecule has 3 aromatic carbocycles. The van der Waals surface area contributed by atoms with Gasteiger partial charge >= 0.3 is 0 Å². The number of methoxy groups -OCH3 is 1. The fourth-order valence-corrected chi connectivity index (χ4v) is 4.50. The van der Waals surface area contributed by atoms with Crippen LogP contribution < -0.4 is 14.2 Å². The third-order valence-corrected chi connectivity index (χ3v) is 6.43. The summed E-state index contributed by atoms with van der Waals surface area (Å²) >= 11 is 0. The topological polar surface area (TPSA) is 85.3 Å². The number of aliphatic hydroxyl groups excluding tert-OH is 1. The zero-order valence-corrected chi connectivity index (χ0v) is 22.0. The lowest BCUT2D eigenvalue weighted by atomic mass is 9.94. The van der Waals surface area contributed by atoms with Crippen LogP contribution in [0.5, 0.6) is 17.2 Å². The van der Waals surface area contributed by atoms with Crippen LogP contribution in [0.3, 0.4) is 0 Å². The minimum atomic E-state index is -0.819. The maximum absolute atomic E-state index is 13.4. The smallest absolute Gasteiger partial charge is 0.295 e. The van der Waals surface area contributed by atoms with Gasteiger partial charge in [0.2, 0.25) is 0 Å². The second-order valence-electron chi connectivity index (χ2n) is 8.98. The molecule has 38 heavy (non-hydrogen) atoms. The quantitative estimate of drug-likeness (QED) is 0.148. The van der Waals surface area contributed by atoms with Crippen molar-refractivity contribution in [1.82, 2.24) is 4.90 Å². The summed E-state index contributed by atoms with van der Waals surface area (Å²) in [5, 5.41) is 11.4. The molecule has 3 aromatic rings. The number of benzene rings is 3. The first kappa shape index (κ1) is 26.8. The van der Waals surface area contributed by atoms with E-state index in [1.807, 2.05) is 43.3 Å². The van der Waals surface area contributed by atoms with Crippen LogP contribution in [0.4, 0.5) is 0 Å². The molecule has 7 nitrogen and oxygen atoms in total. The third kappa shape index (κ3) is 5.67. The molecule has 1 aliphatic rings. The molecule has 0 bridgehead atoms. The van der Waals surface area contributed by atoms with Gasteiger partial charge in [-0.25, -0.2) is 0 Å². The van der Waals surface area contributed by atoms with E-state index in [4.69, 9.17) is 14.2 Å². The minimum Gasteiger partial charge on any atom is -0.507 e. The second-order valence-corrected chi connectivity index (χ2v) is 8.98. The predicted molar refractivity (Wildman–Crippen MR) is 145 cm³/mol. The summed E-state index contributed by atoms with van der Waals surface area (Å²) in [5.41, 5.74) is 1.94. The fourth-order valence-electron chi connectivity index (χ4n) is 4.50. The van der Waals surface area contributed by atoms with E-state index in [2.05, 4.69) is 6.92 Å². The Morgan fingerprint density at radius 1 is 0.921 bits per heavy atom. The minimum absolute atomic E-state index is 0.0248. The monoisotopic (exact) mass is 515 g/mol. The number of hydrogen-bond donors (Lipinski definition) is 1. The zero-order chi connectivity index (χ0) is 27.1. The first-order valence-electron chi connectivity index (χ1n) is 12.8. The van der Waals surface area contributed by atoms with Gasteiger partial charge in [-0.05, 0) is 60.9 Å². The molecule has 1 unspecified atom stereocenters. The van der Waals surface area contributed by atoms with Gasteiger partial charge in [0, 0.05) is 12.1 Å². The Morgan fingerprint density at radius 3 is 2.32 bits per heavy atom. The normalized spacial score (nSPS) is 16.5. The summed E-state index contributed by atoms with van der Waals surface area (Å²) < 4.78 is 17.0. The van der Waals surface area contributed by atoms with Crippen LogP contribution in [0, 0.1) is 0 Å². The van der Waals surface area contributed by atoms with Crippen molar-refractivity contribution in [3.8, 4) is 17.2 Å². The molecule has 1 N–H and O–H groups in total. The summed E-state index contributed by atoms with van der Waals surface area (Å²) in [4.78, 5) is 28.2. The highest BCUT2D eigenvalue weighted by atomic mass is 16.5. The number of rotatable bonds is 11. The van der Waals surface area contributed by atoms with Crippen molar-refractivity contribution in [3.05, 3.63) is 95.1 Å². The molecule has 4 rings (SSSR count). The van der Waals surface area contributed by atoms with Crippen LogP contribution in [0.15, 0.2) is 78.4 Å². The molecule has 1 fully saturated rings. The Balaban J connectivity index is 1.80. The summed E-state index contributed by atoms with van der Waals surface area (Å²) in [6.07, 6.45) is 1.91. The summed E-state index contributed by atoms with van der Waals surface area (Å²) in [6, 6.07) is 20.8. The van der Waals surface area contributed by atoms with Crippen molar-refractivity contribution in [2.75, 3.05) is 20.3 Å². The van der Waals surface area contributed by atoms with Crippen molar-refractivity contribution in [2.24, 2.45) is 0 Å². The molecule has 0 saturated carbocycles. The number of hydrogen-bond acceptors (Lipinski definition) is 6. The van der Waals surface area contributed by atoms with Crippen LogP contribution in [0.25, 0.3) is 5.76 Å². The number of nitrogens with zero attached hydrogens (tertiary/aromatic N) is 1. The van der Waals surface area contributed by atoms with Crippen LogP contribution in [0.1, 0.15) is 49.4 Å². The number of Topliss-reactive ketones (excluding diaryl/α,β-unsaturated/α-hetero) is 1. The van der Waals surface area contributed by atoms with Crippen molar-refractivity contribution in [1.29, 1.82) is 0 Å². The Kier molecular flexibility index (Phi) is 8.69. The van der Waals surface area contributed by atoms with E-state index in [0.29, 0.717) is 41.6 Å². The first-order chi connectivity index (χ1) is 18.5. The second kappa shape index (κ2) is 12.3. The predicted octanol–water partition coefficient (Wildman–Crippen LogP) is 5.89. The van der Waals surface area contributed by atoms with E-state index < -0.39 is 17.7 Å². The van der Waals surface area contributed by atoms with Crippen molar-refractivity contribution < 1.29 is 28.9 Å². The van der Waals surface area contributed by atoms with E-state index in [-0.39, 0.29) is 17.9 Å². The summed E-state index contributed by atoms with van der Waals surface area (Å²) in [7, 11) is 1.55. The Bertz CT molecular complexity index is 1300. The Morgan fingerprint density at radius 2 is 1.66 bits per heavy atom. The van der Waals surface area contributed by atoms with Gasteiger partial charge in [-0.1, -0.05) is 49.7 Å². The van der Waals surface area contributed by atoms with Gasteiger partial charge < -0.3 is 24.2 Å². The molecule has 198 valence electrons. The van der Waals surface area contributed by atoms with Crippen LogP contribution in [0.2, 0.25) is 0 Å². The molecule has 1 saturated heterocycles. The molecule has 1 aliphatic heterocycles. The molecular weight excluding hydrogens is 482 g/mol. The first-order valence-corrected chi connectivity index (χ1v) is 12.8. The number of ether oxygens (including phenoxy) is 3. The highest BCUT2D eigenvalue weighted by Gasteiger charge is 2.46. The average Bonchev–Trinajstić information content (AvgIpc) is 3.19. The van der Waals surface area contributed by atoms with Gasteiger partial charge in [-0.2, -0.15) is 0 Å². The molecule has 0 spiro atoms. The number of aliphatic hydroxyl groups is 1. The number of ketones is 1. The lowest BCUT2D eigenvalue weighted by Crippen LogP contribution is -2.29. The van der Waals surface area contributed by atoms with Gasteiger partial charge in [-0.3, -0.25) is 9.59 Å². The van der Waals surface area contributed by atoms with Crippen LogP contribution in [-0.2, 0) is 16.1 Å². The highest BCUT2D eigenvalue weighted by molar-refractivity contribution is 6.46. The SMILES string of the molecule is CCCCOc1ccc(C2/C(=C(\O)c3ccc(OCC)cc3)C(=O)C(=O)N2Cc2ccccc2)cc1OC. The number of likely N-dealkylation sites (tertiary alicyclic amines) is 1.